The number of nitrogens with zero attached hydrogens (tertiary/aromatic N) is 2. The van der Waals surface area contributed by atoms with Gasteiger partial charge in [-0.15, -0.1) is 11.8 Å². The zero-order valence-electron chi connectivity index (χ0n) is 18.6. The van der Waals surface area contributed by atoms with Crippen molar-refractivity contribution in [3.05, 3.63) is 77.3 Å². The first-order valence-electron chi connectivity index (χ1n) is 10.8. The molecule has 4 aromatic rings. The van der Waals surface area contributed by atoms with Crippen LogP contribution in [-0.4, -0.2) is 27.7 Å². The lowest BCUT2D eigenvalue weighted by molar-refractivity contribution is -0.118. The van der Waals surface area contributed by atoms with Gasteiger partial charge in [-0.25, -0.2) is 5.43 Å². The van der Waals surface area contributed by atoms with Crippen molar-refractivity contribution in [3.63, 3.8) is 0 Å². The molecule has 0 saturated heterocycles. The molecule has 0 aliphatic rings. The molecule has 4 rings (SSSR count). The van der Waals surface area contributed by atoms with Crippen LogP contribution in [0.25, 0.3) is 21.8 Å². The van der Waals surface area contributed by atoms with Crippen molar-refractivity contribution in [1.82, 2.24) is 9.99 Å². The van der Waals surface area contributed by atoms with Crippen LogP contribution in [0, 0.1) is 5.41 Å². The average Bonchev–Trinajstić information content (AvgIpc) is 3.14. The third-order valence-electron chi connectivity index (χ3n) is 5.44. The molecule has 0 saturated carbocycles. The van der Waals surface area contributed by atoms with E-state index in [-0.39, 0.29) is 5.91 Å². The van der Waals surface area contributed by atoms with Gasteiger partial charge in [-0.1, -0.05) is 35.9 Å². The van der Waals surface area contributed by atoms with E-state index in [1.165, 1.54) is 17.8 Å². The highest BCUT2D eigenvalue weighted by Gasteiger charge is 2.15. The summed E-state index contributed by atoms with van der Waals surface area (Å²) in [5.74, 6) is 0.465. The second kappa shape index (κ2) is 10.2. The van der Waals surface area contributed by atoms with Crippen LogP contribution < -0.4 is 5.43 Å². The Labute approximate surface area is 202 Å². The van der Waals surface area contributed by atoms with Crippen LogP contribution in [0.4, 0.5) is 0 Å². The summed E-state index contributed by atoms with van der Waals surface area (Å²) in [6.45, 7) is 4.43. The predicted molar refractivity (Wildman–Crippen MR) is 140 cm³/mol. The van der Waals surface area contributed by atoms with Gasteiger partial charge in [-0.2, -0.15) is 5.10 Å². The van der Waals surface area contributed by atoms with Gasteiger partial charge in [0.1, 0.15) is 0 Å². The van der Waals surface area contributed by atoms with Gasteiger partial charge < -0.3 is 4.57 Å². The van der Waals surface area contributed by atoms with E-state index in [0.717, 1.165) is 33.7 Å². The van der Waals surface area contributed by atoms with Crippen LogP contribution in [0.2, 0.25) is 5.02 Å². The highest BCUT2D eigenvalue weighted by atomic mass is 35.5. The minimum Gasteiger partial charge on any atom is -0.341 e. The predicted octanol–water partition coefficient (Wildman–Crippen LogP) is 6.51. The van der Waals surface area contributed by atoms with E-state index in [0.29, 0.717) is 22.9 Å². The van der Waals surface area contributed by atoms with Gasteiger partial charge in [0, 0.05) is 62.9 Å². The number of carbonyl (C=O) groups excluding carboxylic acids is 1. The number of rotatable bonds is 8. The summed E-state index contributed by atoms with van der Waals surface area (Å²) < 4.78 is 2.28. The normalized spacial score (nSPS) is 11.8. The third kappa shape index (κ3) is 5.13. The van der Waals surface area contributed by atoms with Gasteiger partial charge in [-0.3, -0.25) is 10.2 Å². The Morgan fingerprint density at radius 2 is 1.79 bits per heavy atom. The van der Waals surface area contributed by atoms with Gasteiger partial charge >= 0.3 is 0 Å². The monoisotopic (exact) mass is 476 g/mol. The molecule has 0 aliphatic heterocycles. The minimum absolute atomic E-state index is 0.257. The summed E-state index contributed by atoms with van der Waals surface area (Å²) >= 11 is 7.63. The van der Waals surface area contributed by atoms with E-state index in [4.69, 9.17) is 17.0 Å². The van der Waals surface area contributed by atoms with E-state index >= 15 is 0 Å². The van der Waals surface area contributed by atoms with Crippen LogP contribution in [0.5, 0.6) is 0 Å². The first-order chi connectivity index (χ1) is 16.0. The van der Waals surface area contributed by atoms with Gasteiger partial charge in [0.05, 0.1) is 11.4 Å². The largest absolute Gasteiger partial charge is 0.341 e. The zero-order valence-corrected chi connectivity index (χ0v) is 20.1. The molecule has 1 heterocycles. The highest BCUT2D eigenvalue weighted by molar-refractivity contribution is 7.99. The van der Waals surface area contributed by atoms with Crippen molar-refractivity contribution in [2.45, 2.75) is 31.7 Å². The molecule has 0 bridgehead atoms. The zero-order chi connectivity index (χ0) is 23.4. The fourth-order valence-electron chi connectivity index (χ4n) is 3.90. The molecule has 1 aromatic heterocycles. The van der Waals surface area contributed by atoms with Crippen molar-refractivity contribution < 1.29 is 4.79 Å². The minimum atomic E-state index is -0.257. The summed E-state index contributed by atoms with van der Waals surface area (Å²) in [5, 5.41) is 16.1. The van der Waals surface area contributed by atoms with Crippen molar-refractivity contribution in [1.29, 1.82) is 5.41 Å². The molecule has 33 heavy (non-hydrogen) atoms. The number of benzene rings is 3. The number of hydrogen-bond acceptors (Lipinski definition) is 4. The average molecular weight is 477 g/mol. The molecule has 5 nitrogen and oxygen atoms in total. The van der Waals surface area contributed by atoms with Gasteiger partial charge in [0.25, 0.3) is 0 Å². The number of amides is 1. The van der Waals surface area contributed by atoms with Crippen molar-refractivity contribution >= 4 is 62.5 Å². The van der Waals surface area contributed by atoms with Crippen LogP contribution in [-0.2, 0) is 11.3 Å². The quantitative estimate of drug-likeness (QED) is 0.173. The van der Waals surface area contributed by atoms with Crippen LogP contribution in [0.1, 0.15) is 25.8 Å². The van der Waals surface area contributed by atoms with E-state index in [1.54, 1.807) is 11.8 Å². The second-order valence-corrected chi connectivity index (χ2v) is 9.25. The number of thioether (sulfide) groups is 1. The van der Waals surface area contributed by atoms with Crippen LogP contribution >= 0.6 is 23.4 Å². The lowest BCUT2D eigenvalue weighted by atomic mass is 10.0. The number of hydrogen-bond donors (Lipinski definition) is 2. The molecule has 2 N–H and O–H groups in total. The maximum atomic E-state index is 11.5. The Balaban J connectivity index is 1.62. The Hall–Kier alpha value is -3.09. The van der Waals surface area contributed by atoms with Gasteiger partial charge in [0.2, 0.25) is 5.91 Å². The molecular formula is C26H25ClN4OS. The highest BCUT2D eigenvalue weighted by Crippen LogP contribution is 2.30. The molecule has 3 aromatic carbocycles. The number of hydrazone groups is 1. The molecule has 0 spiro atoms. The van der Waals surface area contributed by atoms with E-state index in [9.17, 15) is 4.79 Å². The molecular weight excluding hydrogens is 452 g/mol. The fraction of sp³-hybridized carbons (Fsp3) is 0.192. The number of fused-ring (bicyclic) bond motifs is 3. The van der Waals surface area contributed by atoms with Crippen molar-refractivity contribution in [2.24, 2.45) is 5.10 Å². The topological polar surface area (TPSA) is 70.2 Å². The summed E-state index contributed by atoms with van der Waals surface area (Å²) in [4.78, 5) is 12.6. The molecule has 0 atom stereocenters. The van der Waals surface area contributed by atoms with E-state index in [1.807, 2.05) is 42.5 Å². The molecule has 1 amide bonds. The van der Waals surface area contributed by atoms with Crippen molar-refractivity contribution in [2.75, 3.05) is 5.75 Å². The van der Waals surface area contributed by atoms with Gasteiger partial charge in [0.15, 0.2) is 0 Å². The Morgan fingerprint density at radius 3 is 2.52 bits per heavy atom. The smallest absolute Gasteiger partial charge is 0.236 e. The van der Waals surface area contributed by atoms with E-state index in [2.05, 4.69) is 46.3 Å². The lowest BCUT2D eigenvalue weighted by Crippen LogP contribution is -2.22. The Morgan fingerprint density at radius 1 is 1.06 bits per heavy atom. The molecule has 7 heteroatoms. The molecule has 0 radical (unpaired) electrons. The van der Waals surface area contributed by atoms with Crippen molar-refractivity contribution in [3.8, 4) is 0 Å². The van der Waals surface area contributed by atoms with Crippen LogP contribution in [0.3, 0.4) is 0 Å². The number of para-hydroxylation sites is 1. The Bertz CT molecular complexity index is 1360. The number of carbonyl (C=O) groups is 1. The molecule has 0 fully saturated rings. The first-order valence-corrected chi connectivity index (χ1v) is 12.2. The Kier molecular flexibility index (Phi) is 7.16. The van der Waals surface area contributed by atoms with Gasteiger partial charge in [-0.05, 0) is 49.4 Å². The number of aryl methyl sites for hydroxylation is 1. The second-order valence-electron chi connectivity index (χ2n) is 7.65. The number of halogens is 1. The van der Waals surface area contributed by atoms with Crippen LogP contribution in [0.15, 0.2) is 76.7 Å². The SMILES string of the molecule is CCn1c2ccccc2c2cc(C(=N)/C(CCSc3ccc(Cl)cc3)=N/NC(C)=O)ccc21. The number of nitrogens with one attached hydrogen (secondary N) is 2. The maximum Gasteiger partial charge on any atom is 0.236 e. The number of aromatic nitrogens is 1. The van der Waals surface area contributed by atoms with E-state index < -0.39 is 0 Å². The third-order valence-corrected chi connectivity index (χ3v) is 6.70. The lowest BCUT2D eigenvalue weighted by Gasteiger charge is -2.10. The molecule has 0 unspecified atom stereocenters. The first kappa shape index (κ1) is 23.1. The summed E-state index contributed by atoms with van der Waals surface area (Å²) in [5.41, 5.74) is 6.48. The molecule has 168 valence electrons. The summed E-state index contributed by atoms with van der Waals surface area (Å²) in [6, 6.07) is 22.1. The maximum absolute atomic E-state index is 11.5. The molecule has 0 aliphatic carbocycles. The summed E-state index contributed by atoms with van der Waals surface area (Å²) in [7, 11) is 0. The fourth-order valence-corrected chi connectivity index (χ4v) is 4.88. The summed E-state index contributed by atoms with van der Waals surface area (Å²) in [6.07, 6.45) is 0.543. The standard InChI is InChI=1S/C26H25ClN4OS/c1-3-31-24-7-5-4-6-21(24)22-16-18(8-13-25(22)31)26(28)23(30-29-17(2)32)14-15-33-20-11-9-19(27)10-12-20/h4-13,16,28H,3,14-15H2,1-2H3,(H,29,32)/b28-26?,30-23+.